The van der Waals surface area contributed by atoms with E-state index in [1.165, 1.54) is 6.42 Å². The normalized spacial score (nSPS) is 19.8. The second-order valence-corrected chi connectivity index (χ2v) is 3.40. The summed E-state index contributed by atoms with van der Waals surface area (Å²) in [6.45, 7) is 5.93. The van der Waals surface area contributed by atoms with Gasteiger partial charge in [0.15, 0.2) is 0 Å². The van der Waals surface area contributed by atoms with Crippen molar-refractivity contribution in [2.45, 2.75) is 39.4 Å². The molecule has 0 saturated heterocycles. The molecule has 2 rings (SSSR count). The highest BCUT2D eigenvalue weighted by atomic mass is 31.0. The Balaban J connectivity index is 0.000000336. The Morgan fingerprint density at radius 2 is 2.17 bits per heavy atom. The van der Waals surface area contributed by atoms with E-state index < -0.39 is 0 Å². The lowest BCUT2D eigenvalue weighted by Gasteiger charge is -2.00. The summed E-state index contributed by atoms with van der Waals surface area (Å²) in [5.41, 5.74) is 0. The number of aromatic nitrogens is 3. The third kappa shape index (κ3) is 1.66. The van der Waals surface area contributed by atoms with Crippen molar-refractivity contribution in [3.8, 4) is 0 Å². The zero-order chi connectivity index (χ0) is 9.14. The molecule has 3 nitrogen and oxygen atoms in total. The van der Waals surface area contributed by atoms with E-state index in [4.69, 9.17) is 0 Å². The predicted molar refractivity (Wildman–Crippen MR) is 53.2 cm³/mol. The minimum Gasteiger partial charge on any atom is -0.243 e. The molecule has 2 atom stereocenters. The van der Waals surface area contributed by atoms with E-state index in [0.29, 0.717) is 5.78 Å². The first-order chi connectivity index (χ1) is 5.77. The summed E-state index contributed by atoms with van der Waals surface area (Å²) < 4.78 is 2.00. The summed E-state index contributed by atoms with van der Waals surface area (Å²) in [5.74, 6) is 2.51. The van der Waals surface area contributed by atoms with Crippen molar-refractivity contribution in [3.63, 3.8) is 0 Å². The molecule has 1 aromatic rings. The van der Waals surface area contributed by atoms with Crippen LogP contribution in [0.2, 0.25) is 0 Å². The molecule has 1 aromatic heterocycles. The first kappa shape index (κ1) is 9.66. The Kier molecular flexibility index (Phi) is 3.21. The largest absolute Gasteiger partial charge is 0.243 e. The van der Waals surface area contributed by atoms with Gasteiger partial charge >= 0.3 is 0 Å². The van der Waals surface area contributed by atoms with Crippen molar-refractivity contribution >= 4 is 9.24 Å². The van der Waals surface area contributed by atoms with E-state index in [1.807, 2.05) is 25.5 Å². The van der Waals surface area contributed by atoms with Crippen molar-refractivity contribution < 1.29 is 0 Å². The topological polar surface area (TPSA) is 30.7 Å². The summed E-state index contributed by atoms with van der Waals surface area (Å²) in [5, 5.41) is 4.26. The van der Waals surface area contributed by atoms with Crippen LogP contribution in [0.15, 0.2) is 0 Å². The maximum atomic E-state index is 4.28. The van der Waals surface area contributed by atoms with Gasteiger partial charge in [-0.3, -0.25) is 0 Å². The van der Waals surface area contributed by atoms with E-state index in [9.17, 15) is 0 Å². The number of nitrogens with zero attached hydrogens (tertiary/aromatic N) is 3. The Labute approximate surface area is 75.8 Å². The Morgan fingerprint density at radius 1 is 1.50 bits per heavy atom. The molecule has 1 aliphatic heterocycles. The van der Waals surface area contributed by atoms with E-state index in [-0.39, 0.29) is 0 Å². The molecule has 0 N–H and O–H groups in total. The minimum atomic E-state index is 0.483. The SMILES string of the molecule is CC.Cc1nc2n(n1)C(P)CC2. The molecule has 0 radical (unpaired) electrons. The maximum Gasteiger partial charge on any atom is 0.147 e. The Bertz CT molecular complexity index is 257. The van der Waals surface area contributed by atoms with Crippen molar-refractivity contribution in [1.29, 1.82) is 0 Å². The summed E-state index contributed by atoms with van der Waals surface area (Å²) in [7, 11) is 2.77. The van der Waals surface area contributed by atoms with Gasteiger partial charge in [-0.25, -0.2) is 9.67 Å². The van der Waals surface area contributed by atoms with Gasteiger partial charge in [0.1, 0.15) is 11.6 Å². The molecule has 0 aromatic carbocycles. The summed E-state index contributed by atoms with van der Waals surface area (Å²) >= 11 is 0. The third-order valence-electron chi connectivity index (χ3n) is 1.79. The van der Waals surface area contributed by atoms with Gasteiger partial charge in [-0.15, -0.1) is 9.24 Å². The first-order valence-corrected chi connectivity index (χ1v) is 5.11. The van der Waals surface area contributed by atoms with Crippen LogP contribution in [0.1, 0.15) is 37.7 Å². The molecule has 12 heavy (non-hydrogen) atoms. The molecule has 68 valence electrons. The lowest BCUT2D eigenvalue weighted by atomic mass is 10.4. The Morgan fingerprint density at radius 3 is 2.75 bits per heavy atom. The molecule has 2 heterocycles. The van der Waals surface area contributed by atoms with Crippen molar-refractivity contribution in [3.05, 3.63) is 11.6 Å². The van der Waals surface area contributed by atoms with Crippen LogP contribution in [0.3, 0.4) is 0 Å². The number of aryl methyl sites for hydroxylation is 2. The fourth-order valence-electron chi connectivity index (χ4n) is 1.31. The maximum absolute atomic E-state index is 4.28. The molecule has 0 saturated carbocycles. The summed E-state index contributed by atoms with van der Waals surface area (Å²) in [6, 6.07) is 0. The minimum absolute atomic E-state index is 0.483. The van der Waals surface area contributed by atoms with Crippen LogP contribution in [-0.2, 0) is 6.42 Å². The van der Waals surface area contributed by atoms with Crippen LogP contribution in [0.4, 0.5) is 0 Å². The van der Waals surface area contributed by atoms with Crippen molar-refractivity contribution in [1.82, 2.24) is 14.8 Å². The average Bonchev–Trinajstić information content (AvgIpc) is 2.58. The van der Waals surface area contributed by atoms with Gasteiger partial charge in [-0.05, 0) is 13.3 Å². The second-order valence-electron chi connectivity index (χ2n) is 2.63. The van der Waals surface area contributed by atoms with E-state index >= 15 is 0 Å². The van der Waals surface area contributed by atoms with Gasteiger partial charge < -0.3 is 0 Å². The standard InChI is InChI=1S/C6H10N3P.C2H6/c1-4-7-5-2-3-6(10)9(5)8-4;1-2/h6H,2-3,10H2,1H3;1-2H3. The monoisotopic (exact) mass is 185 g/mol. The lowest BCUT2D eigenvalue weighted by Crippen LogP contribution is -1.97. The highest BCUT2D eigenvalue weighted by Gasteiger charge is 2.20. The molecule has 1 aliphatic rings. The first-order valence-electron chi connectivity index (χ1n) is 4.45. The number of rotatable bonds is 0. The molecule has 4 heteroatoms. The average molecular weight is 185 g/mol. The van der Waals surface area contributed by atoms with Gasteiger partial charge in [0.2, 0.25) is 0 Å². The van der Waals surface area contributed by atoms with Gasteiger partial charge in [0, 0.05) is 6.42 Å². The predicted octanol–water partition coefficient (Wildman–Crippen LogP) is 1.93. The van der Waals surface area contributed by atoms with Crippen LogP contribution in [-0.4, -0.2) is 14.8 Å². The molecule has 0 spiro atoms. The van der Waals surface area contributed by atoms with Gasteiger partial charge in [0.25, 0.3) is 0 Å². The third-order valence-corrected chi connectivity index (χ3v) is 2.40. The number of fused-ring (bicyclic) bond motifs is 1. The van der Waals surface area contributed by atoms with E-state index in [0.717, 1.165) is 18.1 Å². The summed E-state index contributed by atoms with van der Waals surface area (Å²) in [4.78, 5) is 4.28. The number of hydrogen-bond acceptors (Lipinski definition) is 2. The lowest BCUT2D eigenvalue weighted by molar-refractivity contribution is 0.632. The van der Waals surface area contributed by atoms with Crippen LogP contribution >= 0.6 is 9.24 Å². The molecular weight excluding hydrogens is 169 g/mol. The molecular formula is C8H16N3P. The highest BCUT2D eigenvalue weighted by Crippen LogP contribution is 2.28. The second kappa shape index (κ2) is 3.99. The molecule has 0 bridgehead atoms. The van der Waals surface area contributed by atoms with Crippen molar-refractivity contribution in [2.24, 2.45) is 0 Å². The zero-order valence-electron chi connectivity index (χ0n) is 7.91. The number of hydrogen-bond donors (Lipinski definition) is 0. The molecule has 0 amide bonds. The van der Waals surface area contributed by atoms with Crippen molar-refractivity contribution in [2.75, 3.05) is 0 Å². The Hall–Kier alpha value is -0.430. The van der Waals surface area contributed by atoms with Crippen LogP contribution < -0.4 is 0 Å². The highest BCUT2D eigenvalue weighted by molar-refractivity contribution is 7.16. The van der Waals surface area contributed by atoms with Gasteiger partial charge in [-0.2, -0.15) is 5.10 Å². The zero-order valence-corrected chi connectivity index (χ0v) is 9.07. The smallest absolute Gasteiger partial charge is 0.147 e. The van der Waals surface area contributed by atoms with Gasteiger partial charge in [-0.1, -0.05) is 13.8 Å². The van der Waals surface area contributed by atoms with Crippen LogP contribution in [0.5, 0.6) is 0 Å². The van der Waals surface area contributed by atoms with E-state index in [2.05, 4.69) is 19.3 Å². The van der Waals surface area contributed by atoms with Crippen LogP contribution in [0, 0.1) is 6.92 Å². The summed E-state index contributed by atoms with van der Waals surface area (Å²) in [6.07, 6.45) is 2.25. The van der Waals surface area contributed by atoms with E-state index in [1.54, 1.807) is 0 Å². The van der Waals surface area contributed by atoms with Crippen LogP contribution in [0.25, 0.3) is 0 Å². The fraction of sp³-hybridized carbons (Fsp3) is 0.750. The van der Waals surface area contributed by atoms with Gasteiger partial charge in [0.05, 0.1) is 5.78 Å². The fourth-order valence-corrected chi connectivity index (χ4v) is 1.71. The quantitative estimate of drug-likeness (QED) is 0.578. The molecule has 0 aliphatic carbocycles. The molecule has 2 unspecified atom stereocenters. The molecule has 0 fully saturated rings.